The highest BCUT2D eigenvalue weighted by molar-refractivity contribution is 5.75. The van der Waals surface area contributed by atoms with Gasteiger partial charge in [0.1, 0.15) is 6.20 Å². The minimum absolute atomic E-state index is 0.929. The molecular weight excluding hydrogens is 280 g/mol. The van der Waals surface area contributed by atoms with Crippen LogP contribution in [-0.4, -0.2) is 23.9 Å². The summed E-state index contributed by atoms with van der Waals surface area (Å²) in [5, 5.41) is 0. The number of hydrogen-bond acceptors (Lipinski definition) is 1. The predicted octanol–water partition coefficient (Wildman–Crippen LogP) is 6.82. The molecule has 1 atom stereocenters. The van der Waals surface area contributed by atoms with Gasteiger partial charge in [0.25, 0.3) is 0 Å². The number of aliphatic imine (C=N–C) groups is 1. The van der Waals surface area contributed by atoms with E-state index in [-0.39, 0.29) is 0 Å². The Morgan fingerprint density at radius 2 is 1.17 bits per heavy atom. The molecule has 0 bridgehead atoms. The van der Waals surface area contributed by atoms with Gasteiger partial charge in [-0.1, -0.05) is 84.0 Å². The Morgan fingerprint density at radius 1 is 0.739 bits per heavy atom. The molecule has 0 aromatic rings. The van der Waals surface area contributed by atoms with E-state index in [4.69, 9.17) is 0 Å². The molecule has 0 amide bonds. The lowest BCUT2D eigenvalue weighted by Crippen LogP contribution is -2.41. The fourth-order valence-electron chi connectivity index (χ4n) is 3.40. The van der Waals surface area contributed by atoms with Gasteiger partial charge in [0.15, 0.2) is 0 Å². The van der Waals surface area contributed by atoms with Crippen molar-refractivity contribution in [1.82, 2.24) is 0 Å². The van der Waals surface area contributed by atoms with Crippen LogP contribution in [0, 0.1) is 0 Å². The summed E-state index contributed by atoms with van der Waals surface area (Å²) in [5.41, 5.74) is 0. The number of quaternary nitrogens is 1. The molecule has 1 unspecified atom stereocenters. The zero-order chi connectivity index (χ0) is 16.8. The van der Waals surface area contributed by atoms with Crippen LogP contribution in [-0.2, 0) is 0 Å². The third-order valence-corrected chi connectivity index (χ3v) is 5.37. The molecule has 0 aromatic heterocycles. The van der Waals surface area contributed by atoms with Crippen molar-refractivity contribution in [1.29, 1.82) is 0 Å². The van der Waals surface area contributed by atoms with Crippen molar-refractivity contribution >= 4 is 5.84 Å². The lowest BCUT2D eigenvalue weighted by molar-refractivity contribution is -0.764. The number of unbranched alkanes of at least 4 members (excludes halogenated alkanes) is 13. The Balaban J connectivity index is 1.78. The Labute approximate surface area is 145 Å². The molecular formula is C21H41N2+. The zero-order valence-corrected chi connectivity index (χ0v) is 16.2. The molecule has 0 radical (unpaired) electrons. The fourth-order valence-corrected chi connectivity index (χ4v) is 3.40. The van der Waals surface area contributed by atoms with E-state index < -0.39 is 0 Å². The quantitative estimate of drug-likeness (QED) is 0.232. The van der Waals surface area contributed by atoms with Gasteiger partial charge in [0.05, 0.1) is 19.8 Å². The minimum atomic E-state index is 0.929. The van der Waals surface area contributed by atoms with Gasteiger partial charge >= 0.3 is 0 Å². The van der Waals surface area contributed by atoms with Crippen molar-refractivity contribution in [3.8, 4) is 0 Å². The van der Waals surface area contributed by atoms with E-state index >= 15 is 0 Å². The lowest BCUT2D eigenvalue weighted by atomic mass is 10.0. The summed E-state index contributed by atoms with van der Waals surface area (Å²) in [4.78, 5) is 4.38. The van der Waals surface area contributed by atoms with Crippen LogP contribution in [0.3, 0.4) is 0 Å². The maximum absolute atomic E-state index is 4.38. The molecule has 2 heteroatoms. The maximum Gasteiger partial charge on any atom is 0.204 e. The first-order valence-corrected chi connectivity index (χ1v) is 10.3. The fraction of sp³-hybridized carbons (Fsp3) is 0.857. The standard InChI is InChI=1S/C21H41N2/c1-4-5-6-7-8-9-10-11-12-13-14-15-16-17-19-23(3)20-18-22-21(23)2/h18,20H,4-17,19H2,1-3H3/q+1. The van der Waals surface area contributed by atoms with Crippen LogP contribution in [0.15, 0.2) is 17.4 Å². The molecule has 1 aliphatic rings. The highest BCUT2D eigenvalue weighted by atomic mass is 15.4. The molecule has 0 spiro atoms. The summed E-state index contributed by atoms with van der Waals surface area (Å²) in [6, 6.07) is 0. The van der Waals surface area contributed by atoms with Gasteiger partial charge < -0.3 is 0 Å². The normalized spacial score (nSPS) is 20.2. The minimum Gasteiger partial charge on any atom is -0.254 e. The number of rotatable bonds is 15. The van der Waals surface area contributed by atoms with Gasteiger partial charge in [-0.15, -0.1) is 0 Å². The first kappa shape index (κ1) is 20.4. The first-order valence-electron chi connectivity index (χ1n) is 10.3. The van der Waals surface area contributed by atoms with Crippen LogP contribution in [0.5, 0.6) is 0 Å². The summed E-state index contributed by atoms with van der Waals surface area (Å²) in [6.07, 6.45) is 24.2. The first-order chi connectivity index (χ1) is 11.2. The van der Waals surface area contributed by atoms with E-state index in [0.717, 1.165) is 4.48 Å². The van der Waals surface area contributed by atoms with E-state index in [0.29, 0.717) is 0 Å². The predicted molar refractivity (Wildman–Crippen MR) is 104 cm³/mol. The lowest BCUT2D eigenvalue weighted by Gasteiger charge is -2.25. The van der Waals surface area contributed by atoms with Crippen LogP contribution in [0.2, 0.25) is 0 Å². The summed E-state index contributed by atoms with van der Waals surface area (Å²) < 4.78 is 0.929. The Morgan fingerprint density at radius 3 is 1.57 bits per heavy atom. The molecule has 1 rings (SSSR count). The Hall–Kier alpha value is -0.630. The average molecular weight is 322 g/mol. The van der Waals surface area contributed by atoms with Gasteiger partial charge in [-0.25, -0.2) is 4.99 Å². The second kappa shape index (κ2) is 12.8. The summed E-state index contributed by atoms with van der Waals surface area (Å²) >= 11 is 0. The van der Waals surface area contributed by atoms with Crippen molar-refractivity contribution in [2.24, 2.45) is 4.99 Å². The summed E-state index contributed by atoms with van der Waals surface area (Å²) in [6.45, 7) is 5.65. The monoisotopic (exact) mass is 321 g/mol. The Bertz CT molecular complexity index is 346. The number of hydrogen-bond donors (Lipinski definition) is 0. The average Bonchev–Trinajstić information content (AvgIpc) is 2.87. The van der Waals surface area contributed by atoms with Crippen LogP contribution in [0.4, 0.5) is 0 Å². The third-order valence-electron chi connectivity index (χ3n) is 5.37. The molecule has 23 heavy (non-hydrogen) atoms. The molecule has 1 aliphatic heterocycles. The molecule has 2 nitrogen and oxygen atoms in total. The topological polar surface area (TPSA) is 12.4 Å². The molecule has 0 saturated heterocycles. The van der Waals surface area contributed by atoms with Crippen LogP contribution >= 0.6 is 0 Å². The van der Waals surface area contributed by atoms with Crippen LogP contribution in [0.1, 0.15) is 104 Å². The van der Waals surface area contributed by atoms with Crippen molar-refractivity contribution in [2.45, 2.75) is 104 Å². The van der Waals surface area contributed by atoms with Gasteiger partial charge in [0.2, 0.25) is 5.84 Å². The van der Waals surface area contributed by atoms with Gasteiger partial charge in [0, 0.05) is 6.92 Å². The van der Waals surface area contributed by atoms with Gasteiger partial charge in [-0.2, -0.15) is 0 Å². The van der Waals surface area contributed by atoms with Crippen molar-refractivity contribution in [3.63, 3.8) is 0 Å². The Kier molecular flexibility index (Phi) is 11.3. The SMILES string of the molecule is CCCCCCCCCCCCCCCC[N+]1(C)C=CN=C1C. The van der Waals surface area contributed by atoms with E-state index in [9.17, 15) is 0 Å². The summed E-state index contributed by atoms with van der Waals surface area (Å²) in [5.74, 6) is 1.24. The highest BCUT2D eigenvalue weighted by Gasteiger charge is 2.25. The molecule has 0 aliphatic carbocycles. The second-order valence-electron chi connectivity index (χ2n) is 7.56. The van der Waals surface area contributed by atoms with Crippen LogP contribution < -0.4 is 0 Å². The second-order valence-corrected chi connectivity index (χ2v) is 7.56. The van der Waals surface area contributed by atoms with E-state index in [1.165, 1.54) is 102 Å². The van der Waals surface area contributed by atoms with Crippen molar-refractivity contribution in [2.75, 3.05) is 13.6 Å². The molecule has 134 valence electrons. The molecule has 0 aromatic carbocycles. The van der Waals surface area contributed by atoms with E-state index in [1.807, 2.05) is 6.20 Å². The van der Waals surface area contributed by atoms with Crippen LogP contribution in [0.25, 0.3) is 0 Å². The smallest absolute Gasteiger partial charge is 0.204 e. The zero-order valence-electron chi connectivity index (χ0n) is 16.2. The molecule has 1 heterocycles. The number of nitrogens with zero attached hydrogens (tertiary/aromatic N) is 2. The number of amidine groups is 1. The summed E-state index contributed by atoms with van der Waals surface area (Å²) in [7, 11) is 2.27. The molecule has 0 fully saturated rings. The third kappa shape index (κ3) is 9.30. The van der Waals surface area contributed by atoms with Gasteiger partial charge in [-0.3, -0.25) is 4.48 Å². The molecule has 0 N–H and O–H groups in total. The van der Waals surface area contributed by atoms with E-state index in [1.54, 1.807) is 0 Å². The van der Waals surface area contributed by atoms with E-state index in [2.05, 4.69) is 32.1 Å². The van der Waals surface area contributed by atoms with Crippen molar-refractivity contribution in [3.05, 3.63) is 12.4 Å². The highest BCUT2D eigenvalue weighted by Crippen LogP contribution is 2.17. The largest absolute Gasteiger partial charge is 0.254 e. The van der Waals surface area contributed by atoms with Crippen molar-refractivity contribution < 1.29 is 4.48 Å². The van der Waals surface area contributed by atoms with Gasteiger partial charge in [-0.05, 0) is 12.8 Å². The molecule has 0 saturated carbocycles. The maximum atomic E-state index is 4.38.